The molecule has 0 saturated heterocycles. The van der Waals surface area contributed by atoms with Crippen LogP contribution in [-0.2, 0) is 15.2 Å². The first-order chi connectivity index (χ1) is 13.0. The molecule has 0 aliphatic carbocycles. The van der Waals surface area contributed by atoms with Crippen LogP contribution in [0.1, 0.15) is 31.2 Å². The van der Waals surface area contributed by atoms with Crippen LogP contribution in [0.2, 0.25) is 5.09 Å². The number of nitrogens with zero attached hydrogens (tertiary/aromatic N) is 2. The Hall–Kier alpha value is -2.10. The zero-order valence-corrected chi connectivity index (χ0v) is 16.5. The molecule has 0 radical (unpaired) electrons. The second-order valence-electron chi connectivity index (χ2n) is 5.65. The van der Waals surface area contributed by atoms with Crippen molar-refractivity contribution in [2.75, 3.05) is 21.3 Å². The zero-order chi connectivity index (χ0) is 20.3. The summed E-state index contributed by atoms with van der Waals surface area (Å²) in [6, 6.07) is 9.19. The number of rotatable bonds is 7. The van der Waals surface area contributed by atoms with Crippen LogP contribution in [0.4, 0.5) is 4.39 Å². The minimum absolute atomic E-state index is 0.0529. The Bertz CT molecular complexity index is 694. The number of aromatic nitrogens is 2. The molecule has 6 nitrogen and oxygen atoms in total. The molecule has 1 atom stereocenters. The molecule has 27 heavy (non-hydrogen) atoms. The zero-order valence-electron chi connectivity index (χ0n) is 16.5. The Balaban J connectivity index is 0.000000646. The van der Waals surface area contributed by atoms with E-state index in [1.54, 1.807) is 18.2 Å². The number of alkyl halides is 1. The van der Waals surface area contributed by atoms with E-state index < -0.39 is 17.5 Å². The molecule has 142 valence electrons. The van der Waals surface area contributed by atoms with E-state index in [0.29, 0.717) is 0 Å². The van der Waals surface area contributed by atoms with Gasteiger partial charge >= 0.3 is 48.5 Å². The van der Waals surface area contributed by atoms with Crippen LogP contribution in [0.3, 0.4) is 0 Å². The number of carbonyl (C=O) groups is 1. The van der Waals surface area contributed by atoms with Crippen molar-refractivity contribution in [3.05, 3.63) is 47.8 Å². The standard InChI is InChI=1S/C15H15FN2O4.C4H9.Li/c1-20-11-9-12(21-2)18-13(17-11)15(16,14(19)22-3)10-7-5-4-6-8-10;1-3-4-2;/h4-9H,1-3H3;1,3-4H2,2H3;. The normalized spacial score (nSPS) is 12.3. The minimum atomic E-state index is -2.67. The number of esters is 1. The van der Waals surface area contributed by atoms with Gasteiger partial charge in [0.2, 0.25) is 11.8 Å². The van der Waals surface area contributed by atoms with Crippen molar-refractivity contribution < 1.29 is 23.4 Å². The van der Waals surface area contributed by atoms with E-state index in [-0.39, 0.29) is 17.3 Å². The van der Waals surface area contributed by atoms with E-state index in [0.717, 1.165) is 7.11 Å². The molecule has 1 heterocycles. The predicted molar refractivity (Wildman–Crippen MR) is 101 cm³/mol. The van der Waals surface area contributed by atoms with Crippen LogP contribution < -0.4 is 9.47 Å². The van der Waals surface area contributed by atoms with Crippen molar-refractivity contribution in [2.45, 2.75) is 30.5 Å². The van der Waals surface area contributed by atoms with Crippen LogP contribution in [0, 0.1) is 0 Å². The number of carbonyl (C=O) groups excluding carboxylic acids is 1. The molecule has 8 heteroatoms. The van der Waals surface area contributed by atoms with Gasteiger partial charge in [0.1, 0.15) is 0 Å². The summed E-state index contributed by atoms with van der Waals surface area (Å²) >= 11 is 2.21. The number of hydrogen-bond acceptors (Lipinski definition) is 6. The van der Waals surface area contributed by atoms with Gasteiger partial charge < -0.3 is 14.2 Å². The number of halogens is 1. The van der Waals surface area contributed by atoms with E-state index in [2.05, 4.69) is 39.3 Å². The molecule has 1 aromatic carbocycles. The first-order valence-corrected chi connectivity index (χ1v) is 8.78. The summed E-state index contributed by atoms with van der Waals surface area (Å²) in [5.74, 6) is -1.40. The van der Waals surface area contributed by atoms with Crippen molar-refractivity contribution in [1.29, 1.82) is 0 Å². The van der Waals surface area contributed by atoms with E-state index in [4.69, 9.17) is 9.47 Å². The van der Waals surface area contributed by atoms with Crippen molar-refractivity contribution >= 4 is 23.7 Å². The molecule has 0 fully saturated rings. The van der Waals surface area contributed by atoms with Crippen LogP contribution in [-0.4, -0.2) is 55.0 Å². The Morgan fingerprint density at radius 2 is 1.67 bits per heavy atom. The van der Waals surface area contributed by atoms with E-state index in [9.17, 15) is 4.79 Å². The number of hydrogen-bond donors (Lipinski definition) is 0. The van der Waals surface area contributed by atoms with Gasteiger partial charge in [0.05, 0.1) is 27.4 Å². The summed E-state index contributed by atoms with van der Waals surface area (Å²) < 4.78 is 30.2. The summed E-state index contributed by atoms with van der Waals surface area (Å²) in [5.41, 5.74) is -2.62. The third kappa shape index (κ3) is 5.95. The quantitative estimate of drug-likeness (QED) is 0.550. The molecule has 1 unspecified atom stereocenters. The maximum atomic E-state index is 15.6. The molecule has 0 spiro atoms. The molecule has 2 rings (SSSR count). The Morgan fingerprint density at radius 1 is 1.11 bits per heavy atom. The van der Waals surface area contributed by atoms with Gasteiger partial charge in [-0.1, -0.05) is 30.3 Å². The van der Waals surface area contributed by atoms with Gasteiger partial charge in [-0.15, -0.1) is 0 Å². The van der Waals surface area contributed by atoms with Crippen molar-refractivity contribution in [1.82, 2.24) is 9.97 Å². The monoisotopic (exact) mass is 370 g/mol. The fraction of sp³-hybridized carbons (Fsp3) is 0.421. The van der Waals surface area contributed by atoms with Crippen molar-refractivity contribution in [3.63, 3.8) is 0 Å². The fourth-order valence-electron chi connectivity index (χ4n) is 2.27. The van der Waals surface area contributed by atoms with Gasteiger partial charge in [-0.2, -0.15) is 9.97 Å². The SMILES string of the molecule is COC(=O)C(F)(c1ccccc1)c1nc(OC)cc(OC)n1.[Li][CH2]CCC. The summed E-state index contributed by atoms with van der Waals surface area (Å²) in [5, 5.41) is 1.34. The summed E-state index contributed by atoms with van der Waals surface area (Å²) in [6.07, 6.45) is 2.73. The molecule has 0 amide bonds. The molecule has 0 aliphatic heterocycles. The van der Waals surface area contributed by atoms with Crippen molar-refractivity contribution in [3.8, 4) is 11.8 Å². The van der Waals surface area contributed by atoms with Gasteiger partial charge in [0.25, 0.3) is 5.67 Å². The molecule has 0 aliphatic rings. The third-order valence-electron chi connectivity index (χ3n) is 3.75. The Kier molecular flexibility index (Phi) is 9.84. The topological polar surface area (TPSA) is 70.5 Å². The molecule has 0 bridgehead atoms. The van der Waals surface area contributed by atoms with Gasteiger partial charge in [0.15, 0.2) is 5.82 Å². The second-order valence-corrected chi connectivity index (χ2v) is 5.65. The third-order valence-corrected chi connectivity index (χ3v) is 3.75. The first-order valence-electron chi connectivity index (χ1n) is 8.78. The average Bonchev–Trinajstić information content (AvgIpc) is 2.73. The molecule has 0 saturated carbocycles. The average molecular weight is 370 g/mol. The molecule has 2 aromatic rings. The molecule has 0 N–H and O–H groups in total. The summed E-state index contributed by atoms with van der Waals surface area (Å²) in [7, 11) is 3.83. The molecular formula is C19H24FLiN2O4. The Labute approximate surface area is 168 Å². The first kappa shape index (κ1) is 22.9. The van der Waals surface area contributed by atoms with E-state index in [1.165, 1.54) is 50.4 Å². The molecular weight excluding hydrogens is 346 g/mol. The summed E-state index contributed by atoms with van der Waals surface area (Å²) in [4.78, 5) is 19.9. The Morgan fingerprint density at radius 3 is 2.04 bits per heavy atom. The predicted octanol–water partition coefficient (Wildman–Crippen LogP) is 3.25. The number of ether oxygens (including phenoxy) is 3. The second kappa shape index (κ2) is 11.6. The van der Waals surface area contributed by atoms with Crippen molar-refractivity contribution in [2.24, 2.45) is 0 Å². The number of unbranched alkanes of at least 4 members (excludes halogenated alkanes) is 1. The fourth-order valence-corrected chi connectivity index (χ4v) is 2.27. The van der Waals surface area contributed by atoms with Crippen LogP contribution >= 0.6 is 0 Å². The van der Waals surface area contributed by atoms with E-state index in [1.807, 2.05) is 0 Å². The van der Waals surface area contributed by atoms with Gasteiger partial charge in [-0.05, 0) is 0 Å². The van der Waals surface area contributed by atoms with Crippen LogP contribution in [0.25, 0.3) is 0 Å². The van der Waals surface area contributed by atoms with E-state index >= 15 is 4.39 Å². The summed E-state index contributed by atoms with van der Waals surface area (Å²) in [6.45, 7) is 2.21. The van der Waals surface area contributed by atoms with Gasteiger partial charge in [0, 0.05) is 5.56 Å². The molecule has 1 aromatic heterocycles. The number of methoxy groups -OCH3 is 3. The van der Waals surface area contributed by atoms with Crippen LogP contribution in [0.5, 0.6) is 11.8 Å². The van der Waals surface area contributed by atoms with Gasteiger partial charge in [-0.3, -0.25) is 0 Å². The maximum absolute atomic E-state index is 15.6. The van der Waals surface area contributed by atoms with Crippen LogP contribution in [0.15, 0.2) is 36.4 Å². The van der Waals surface area contributed by atoms with Gasteiger partial charge in [-0.25, -0.2) is 9.18 Å². The number of benzene rings is 1.